The SMILES string of the molecule is Cc1sc(N)nc1-c1ccc2c(c1)CCO2. The van der Waals surface area contributed by atoms with Gasteiger partial charge in [0.2, 0.25) is 0 Å². The van der Waals surface area contributed by atoms with E-state index in [4.69, 9.17) is 10.5 Å². The molecular formula is C12H12N2OS. The first kappa shape index (κ1) is 9.66. The molecule has 1 aromatic heterocycles. The van der Waals surface area contributed by atoms with Crippen LogP contribution >= 0.6 is 11.3 Å². The fraction of sp³-hybridized carbons (Fsp3) is 0.250. The lowest BCUT2D eigenvalue weighted by Crippen LogP contribution is -1.85. The maximum Gasteiger partial charge on any atom is 0.180 e. The molecule has 0 saturated heterocycles. The van der Waals surface area contributed by atoms with Crippen LogP contribution in [0.4, 0.5) is 5.13 Å². The predicted octanol–water partition coefficient (Wildman–Crippen LogP) is 2.64. The topological polar surface area (TPSA) is 48.1 Å². The van der Waals surface area contributed by atoms with Crippen LogP contribution in [0, 0.1) is 6.92 Å². The van der Waals surface area contributed by atoms with Gasteiger partial charge < -0.3 is 10.5 Å². The lowest BCUT2D eigenvalue weighted by molar-refractivity contribution is 0.357. The van der Waals surface area contributed by atoms with Crippen LogP contribution in [0.25, 0.3) is 11.3 Å². The summed E-state index contributed by atoms with van der Waals surface area (Å²) >= 11 is 1.53. The lowest BCUT2D eigenvalue weighted by atomic mass is 10.1. The molecule has 2 N–H and O–H groups in total. The van der Waals surface area contributed by atoms with Crippen LogP contribution in [0.1, 0.15) is 10.4 Å². The molecule has 1 aromatic carbocycles. The van der Waals surface area contributed by atoms with Crippen molar-refractivity contribution in [2.24, 2.45) is 0 Å². The molecule has 0 amide bonds. The quantitative estimate of drug-likeness (QED) is 0.822. The number of ether oxygens (including phenoxy) is 1. The summed E-state index contributed by atoms with van der Waals surface area (Å²) in [6.07, 6.45) is 0.988. The fourth-order valence-electron chi connectivity index (χ4n) is 2.02. The van der Waals surface area contributed by atoms with Gasteiger partial charge in [-0.05, 0) is 30.7 Å². The van der Waals surface area contributed by atoms with E-state index in [0.29, 0.717) is 5.13 Å². The van der Waals surface area contributed by atoms with Crippen molar-refractivity contribution in [1.29, 1.82) is 0 Å². The van der Waals surface area contributed by atoms with Crippen LogP contribution in [0.3, 0.4) is 0 Å². The predicted molar refractivity (Wildman–Crippen MR) is 65.9 cm³/mol. The third kappa shape index (κ3) is 1.46. The molecule has 2 aromatic rings. The average Bonchev–Trinajstić information content (AvgIpc) is 2.83. The van der Waals surface area contributed by atoms with Gasteiger partial charge in [0, 0.05) is 16.9 Å². The summed E-state index contributed by atoms with van der Waals surface area (Å²) in [6, 6.07) is 6.22. The third-order valence-electron chi connectivity index (χ3n) is 2.78. The molecular weight excluding hydrogens is 220 g/mol. The number of thiazole rings is 1. The van der Waals surface area contributed by atoms with E-state index < -0.39 is 0 Å². The molecule has 0 aliphatic carbocycles. The number of aromatic nitrogens is 1. The Morgan fingerprint density at radius 3 is 3.06 bits per heavy atom. The van der Waals surface area contributed by atoms with Crippen molar-refractivity contribution in [2.75, 3.05) is 12.3 Å². The summed E-state index contributed by atoms with van der Waals surface area (Å²) in [7, 11) is 0. The van der Waals surface area contributed by atoms with E-state index in [1.807, 2.05) is 19.1 Å². The minimum atomic E-state index is 0.629. The molecule has 4 heteroatoms. The van der Waals surface area contributed by atoms with Crippen molar-refractivity contribution in [3.8, 4) is 17.0 Å². The lowest BCUT2D eigenvalue weighted by Gasteiger charge is -2.02. The number of nitrogens with two attached hydrogens (primary N) is 1. The zero-order valence-corrected chi connectivity index (χ0v) is 9.80. The summed E-state index contributed by atoms with van der Waals surface area (Å²) < 4.78 is 5.48. The van der Waals surface area contributed by atoms with Crippen LogP contribution in [0.2, 0.25) is 0 Å². The van der Waals surface area contributed by atoms with Gasteiger partial charge in [-0.25, -0.2) is 4.98 Å². The first-order valence-electron chi connectivity index (χ1n) is 5.23. The minimum Gasteiger partial charge on any atom is -0.493 e. The number of hydrogen-bond donors (Lipinski definition) is 1. The Morgan fingerprint density at radius 2 is 2.31 bits per heavy atom. The molecule has 0 spiro atoms. The highest BCUT2D eigenvalue weighted by atomic mass is 32.1. The van der Waals surface area contributed by atoms with E-state index in [9.17, 15) is 0 Å². The zero-order valence-electron chi connectivity index (χ0n) is 8.99. The number of rotatable bonds is 1. The van der Waals surface area contributed by atoms with E-state index in [1.165, 1.54) is 16.9 Å². The van der Waals surface area contributed by atoms with Gasteiger partial charge in [-0.15, -0.1) is 11.3 Å². The van der Waals surface area contributed by atoms with Gasteiger partial charge in [-0.3, -0.25) is 0 Å². The molecule has 2 heterocycles. The molecule has 16 heavy (non-hydrogen) atoms. The highest BCUT2D eigenvalue weighted by Gasteiger charge is 2.15. The van der Waals surface area contributed by atoms with Crippen molar-refractivity contribution in [1.82, 2.24) is 4.98 Å². The van der Waals surface area contributed by atoms with Gasteiger partial charge in [-0.2, -0.15) is 0 Å². The van der Waals surface area contributed by atoms with Crippen molar-refractivity contribution in [2.45, 2.75) is 13.3 Å². The van der Waals surface area contributed by atoms with Gasteiger partial charge in [0.05, 0.1) is 12.3 Å². The summed E-state index contributed by atoms with van der Waals surface area (Å²) in [4.78, 5) is 5.52. The fourth-order valence-corrected chi connectivity index (χ4v) is 2.73. The number of hydrogen-bond acceptors (Lipinski definition) is 4. The largest absolute Gasteiger partial charge is 0.493 e. The third-order valence-corrected chi connectivity index (χ3v) is 3.58. The second kappa shape index (κ2) is 3.49. The molecule has 0 atom stereocenters. The normalized spacial score (nSPS) is 13.6. The highest BCUT2D eigenvalue weighted by molar-refractivity contribution is 7.15. The van der Waals surface area contributed by atoms with Gasteiger partial charge >= 0.3 is 0 Å². The summed E-state index contributed by atoms with van der Waals surface area (Å²) in [5, 5.41) is 0.629. The second-order valence-electron chi connectivity index (χ2n) is 3.88. The molecule has 0 radical (unpaired) electrons. The van der Waals surface area contributed by atoms with Crippen LogP contribution < -0.4 is 10.5 Å². The van der Waals surface area contributed by atoms with Gasteiger partial charge in [0.25, 0.3) is 0 Å². The standard InChI is InChI=1S/C12H12N2OS/c1-7-11(14-12(13)16-7)9-2-3-10-8(6-9)4-5-15-10/h2-3,6H,4-5H2,1H3,(H2,13,14). The molecule has 0 unspecified atom stereocenters. The Labute approximate surface area is 97.9 Å². The van der Waals surface area contributed by atoms with E-state index in [-0.39, 0.29) is 0 Å². The maximum absolute atomic E-state index is 5.71. The van der Waals surface area contributed by atoms with E-state index in [1.54, 1.807) is 0 Å². The number of fused-ring (bicyclic) bond motifs is 1. The van der Waals surface area contributed by atoms with Crippen molar-refractivity contribution in [3.05, 3.63) is 28.6 Å². The zero-order chi connectivity index (χ0) is 11.1. The minimum absolute atomic E-state index is 0.629. The number of nitrogens with zero attached hydrogens (tertiary/aromatic N) is 1. The summed E-state index contributed by atoms with van der Waals surface area (Å²) in [6.45, 7) is 2.84. The Balaban J connectivity index is 2.10. The second-order valence-corrected chi connectivity index (χ2v) is 5.11. The Bertz CT molecular complexity index is 548. The maximum atomic E-state index is 5.71. The summed E-state index contributed by atoms with van der Waals surface area (Å²) in [5.41, 5.74) is 9.11. The summed E-state index contributed by atoms with van der Waals surface area (Å²) in [5.74, 6) is 1.00. The highest BCUT2D eigenvalue weighted by Crippen LogP contribution is 2.33. The van der Waals surface area contributed by atoms with Crippen molar-refractivity contribution >= 4 is 16.5 Å². The van der Waals surface area contributed by atoms with E-state index >= 15 is 0 Å². The molecule has 3 nitrogen and oxygen atoms in total. The molecule has 1 aliphatic heterocycles. The van der Waals surface area contributed by atoms with E-state index in [0.717, 1.165) is 34.9 Å². The average molecular weight is 232 g/mol. The number of anilines is 1. The molecule has 3 rings (SSSR count). The smallest absolute Gasteiger partial charge is 0.180 e. The Morgan fingerprint density at radius 1 is 1.44 bits per heavy atom. The van der Waals surface area contributed by atoms with Crippen LogP contribution in [0.5, 0.6) is 5.75 Å². The van der Waals surface area contributed by atoms with Crippen LogP contribution in [-0.2, 0) is 6.42 Å². The molecule has 0 fully saturated rings. The number of aryl methyl sites for hydroxylation is 1. The van der Waals surface area contributed by atoms with Gasteiger partial charge in [-0.1, -0.05) is 0 Å². The monoisotopic (exact) mass is 232 g/mol. The first-order chi connectivity index (χ1) is 7.74. The molecule has 0 bridgehead atoms. The first-order valence-corrected chi connectivity index (χ1v) is 6.05. The molecule has 82 valence electrons. The molecule has 1 aliphatic rings. The van der Waals surface area contributed by atoms with E-state index in [2.05, 4.69) is 11.1 Å². The Hall–Kier alpha value is -1.55. The number of nitrogen functional groups attached to an aromatic ring is 1. The van der Waals surface area contributed by atoms with Gasteiger partial charge in [0.15, 0.2) is 5.13 Å². The van der Waals surface area contributed by atoms with Crippen molar-refractivity contribution < 1.29 is 4.74 Å². The Kier molecular flexibility index (Phi) is 2.11. The van der Waals surface area contributed by atoms with Crippen LogP contribution in [-0.4, -0.2) is 11.6 Å². The van der Waals surface area contributed by atoms with Gasteiger partial charge in [0.1, 0.15) is 5.75 Å². The number of benzene rings is 1. The molecule has 0 saturated carbocycles. The van der Waals surface area contributed by atoms with Crippen molar-refractivity contribution in [3.63, 3.8) is 0 Å². The van der Waals surface area contributed by atoms with Crippen LogP contribution in [0.15, 0.2) is 18.2 Å².